The number of furan rings is 1. The molecule has 0 bridgehead atoms. The number of halogens is 1. The van der Waals surface area contributed by atoms with Crippen molar-refractivity contribution in [2.45, 2.75) is 38.8 Å². The lowest BCUT2D eigenvalue weighted by molar-refractivity contribution is 0.0694. The largest absolute Gasteiger partial charge is 0.487 e. The van der Waals surface area contributed by atoms with E-state index in [1.807, 2.05) is 25.1 Å². The third-order valence-electron chi connectivity index (χ3n) is 4.44. The standard InChI is InChI=1S/C21H28N4O3.HI/c1-4-22-20(24-12-11-23-19(26)18-10-7-13-27-18)25-16-14-21(2,3)28-17-9-6-5-8-15(16)17;/h5-10,13,16H,4,11-12,14H2,1-3H3,(H,23,26)(H2,22,24,25);1H. The molecule has 0 saturated heterocycles. The minimum absolute atomic E-state index is 0. The molecule has 158 valence electrons. The number of benzene rings is 1. The minimum Gasteiger partial charge on any atom is -0.487 e. The van der Waals surface area contributed by atoms with Crippen LogP contribution in [0.25, 0.3) is 0 Å². The van der Waals surface area contributed by atoms with Crippen molar-refractivity contribution in [3.05, 3.63) is 54.0 Å². The summed E-state index contributed by atoms with van der Waals surface area (Å²) in [6.07, 6.45) is 2.30. The first-order chi connectivity index (χ1) is 13.5. The Morgan fingerprint density at radius 1 is 1.21 bits per heavy atom. The molecule has 1 aromatic heterocycles. The average Bonchev–Trinajstić information content (AvgIpc) is 3.19. The Kier molecular flexibility index (Phi) is 8.36. The molecule has 3 rings (SSSR count). The molecule has 8 heteroatoms. The van der Waals surface area contributed by atoms with Gasteiger partial charge in [0.2, 0.25) is 0 Å². The van der Waals surface area contributed by atoms with Crippen LogP contribution >= 0.6 is 24.0 Å². The van der Waals surface area contributed by atoms with E-state index in [1.165, 1.54) is 6.26 Å². The Balaban J connectivity index is 0.00000300. The smallest absolute Gasteiger partial charge is 0.287 e. The lowest BCUT2D eigenvalue weighted by atomic mass is 9.90. The number of amides is 1. The highest BCUT2D eigenvalue weighted by atomic mass is 127. The number of nitrogens with one attached hydrogen (secondary N) is 3. The van der Waals surface area contributed by atoms with Crippen molar-refractivity contribution in [2.24, 2.45) is 4.99 Å². The number of hydrogen-bond acceptors (Lipinski definition) is 4. The topological polar surface area (TPSA) is 87.9 Å². The summed E-state index contributed by atoms with van der Waals surface area (Å²) in [6, 6.07) is 11.5. The van der Waals surface area contributed by atoms with Crippen molar-refractivity contribution in [1.82, 2.24) is 16.0 Å². The van der Waals surface area contributed by atoms with Crippen LogP contribution in [0, 0.1) is 0 Å². The molecule has 29 heavy (non-hydrogen) atoms. The van der Waals surface area contributed by atoms with Crippen LogP contribution in [-0.2, 0) is 0 Å². The highest BCUT2D eigenvalue weighted by molar-refractivity contribution is 14.0. The highest BCUT2D eigenvalue weighted by Crippen LogP contribution is 2.39. The maximum absolute atomic E-state index is 11.9. The van der Waals surface area contributed by atoms with Crippen molar-refractivity contribution in [3.8, 4) is 5.75 Å². The van der Waals surface area contributed by atoms with Crippen molar-refractivity contribution >= 4 is 35.8 Å². The highest BCUT2D eigenvalue weighted by Gasteiger charge is 2.33. The Morgan fingerprint density at radius 2 is 2.00 bits per heavy atom. The van der Waals surface area contributed by atoms with E-state index < -0.39 is 0 Å². The summed E-state index contributed by atoms with van der Waals surface area (Å²) in [5.74, 6) is 1.68. The number of guanidine groups is 1. The van der Waals surface area contributed by atoms with E-state index in [-0.39, 0.29) is 41.5 Å². The van der Waals surface area contributed by atoms with Crippen molar-refractivity contribution in [2.75, 3.05) is 19.6 Å². The SMILES string of the molecule is CCNC(=NCCNC(=O)c1ccco1)NC1CC(C)(C)Oc2ccccc21.I. The van der Waals surface area contributed by atoms with Crippen molar-refractivity contribution in [3.63, 3.8) is 0 Å². The quantitative estimate of drug-likeness (QED) is 0.239. The fourth-order valence-electron chi connectivity index (χ4n) is 3.25. The number of hydrogen-bond donors (Lipinski definition) is 3. The van der Waals surface area contributed by atoms with E-state index in [4.69, 9.17) is 9.15 Å². The van der Waals surface area contributed by atoms with Crippen molar-refractivity contribution < 1.29 is 13.9 Å². The minimum atomic E-state index is -0.264. The first-order valence-corrected chi connectivity index (χ1v) is 9.63. The molecule has 0 saturated carbocycles. The molecule has 1 aromatic carbocycles. The van der Waals surface area contributed by atoms with Crippen LogP contribution in [0.1, 0.15) is 49.4 Å². The predicted molar refractivity (Wildman–Crippen MR) is 124 cm³/mol. The van der Waals surface area contributed by atoms with E-state index in [0.29, 0.717) is 24.8 Å². The number of ether oxygens (including phenoxy) is 1. The molecule has 1 aliphatic rings. The fourth-order valence-corrected chi connectivity index (χ4v) is 3.25. The molecular weight excluding hydrogens is 483 g/mol. The van der Waals surface area contributed by atoms with Gasteiger partial charge in [0.25, 0.3) is 5.91 Å². The van der Waals surface area contributed by atoms with Crippen LogP contribution in [0.2, 0.25) is 0 Å². The average molecular weight is 512 g/mol. The third kappa shape index (κ3) is 6.38. The normalized spacial score (nSPS) is 17.3. The number of carbonyl (C=O) groups is 1. The Hall–Kier alpha value is -2.23. The molecule has 2 heterocycles. The molecule has 1 atom stereocenters. The van der Waals surface area contributed by atoms with E-state index in [1.54, 1.807) is 12.1 Å². The lowest BCUT2D eigenvalue weighted by Gasteiger charge is -2.38. The van der Waals surface area contributed by atoms with Gasteiger partial charge in [-0.25, -0.2) is 0 Å². The Labute approximate surface area is 188 Å². The zero-order valence-corrected chi connectivity index (χ0v) is 19.4. The van der Waals surface area contributed by atoms with Gasteiger partial charge in [0.05, 0.1) is 18.8 Å². The summed E-state index contributed by atoms with van der Waals surface area (Å²) in [6.45, 7) is 7.83. The zero-order valence-electron chi connectivity index (χ0n) is 17.0. The van der Waals surface area contributed by atoms with E-state index >= 15 is 0 Å². The first kappa shape index (κ1) is 23.1. The monoisotopic (exact) mass is 512 g/mol. The van der Waals surface area contributed by atoms with Crippen LogP contribution < -0.4 is 20.7 Å². The summed E-state index contributed by atoms with van der Waals surface area (Å²) in [7, 11) is 0. The van der Waals surface area contributed by atoms with Crippen LogP contribution in [-0.4, -0.2) is 37.1 Å². The fraction of sp³-hybridized carbons (Fsp3) is 0.429. The first-order valence-electron chi connectivity index (χ1n) is 9.63. The van der Waals surface area contributed by atoms with Gasteiger partial charge in [-0.2, -0.15) is 0 Å². The van der Waals surface area contributed by atoms with E-state index in [2.05, 4.69) is 40.9 Å². The van der Waals surface area contributed by atoms with Crippen LogP contribution in [0.5, 0.6) is 5.75 Å². The molecule has 1 aliphatic heterocycles. The predicted octanol–water partition coefficient (Wildman–Crippen LogP) is 3.48. The molecule has 7 nitrogen and oxygen atoms in total. The molecule has 0 fully saturated rings. The van der Waals surface area contributed by atoms with Gasteiger partial charge in [-0.1, -0.05) is 18.2 Å². The summed E-state index contributed by atoms with van der Waals surface area (Å²) in [4.78, 5) is 16.5. The summed E-state index contributed by atoms with van der Waals surface area (Å²) < 4.78 is 11.2. The number of aliphatic imine (C=N–C) groups is 1. The number of rotatable bonds is 6. The number of fused-ring (bicyclic) bond motifs is 1. The van der Waals surface area contributed by atoms with Gasteiger partial charge in [-0.3, -0.25) is 9.79 Å². The van der Waals surface area contributed by atoms with Gasteiger partial charge in [0.1, 0.15) is 11.4 Å². The van der Waals surface area contributed by atoms with Crippen molar-refractivity contribution in [1.29, 1.82) is 0 Å². The molecule has 0 spiro atoms. The Morgan fingerprint density at radius 3 is 2.72 bits per heavy atom. The summed E-state index contributed by atoms with van der Waals surface area (Å²) in [5, 5.41) is 9.58. The third-order valence-corrected chi connectivity index (χ3v) is 4.44. The Bertz CT molecular complexity index is 821. The maximum Gasteiger partial charge on any atom is 0.287 e. The van der Waals surface area contributed by atoms with Crippen LogP contribution in [0.15, 0.2) is 52.1 Å². The second-order valence-corrected chi connectivity index (χ2v) is 7.29. The van der Waals surface area contributed by atoms with Crippen LogP contribution in [0.4, 0.5) is 0 Å². The molecular formula is C21H29IN4O3. The molecule has 3 N–H and O–H groups in total. The van der Waals surface area contributed by atoms with Gasteiger partial charge in [-0.15, -0.1) is 24.0 Å². The summed E-state index contributed by atoms with van der Waals surface area (Å²) >= 11 is 0. The van der Waals surface area contributed by atoms with Gasteiger partial charge in [-0.05, 0) is 39.0 Å². The van der Waals surface area contributed by atoms with E-state index in [9.17, 15) is 4.79 Å². The molecule has 1 unspecified atom stereocenters. The molecule has 1 amide bonds. The molecule has 0 radical (unpaired) electrons. The number of nitrogens with zero attached hydrogens (tertiary/aromatic N) is 1. The van der Waals surface area contributed by atoms with Gasteiger partial charge < -0.3 is 25.1 Å². The van der Waals surface area contributed by atoms with E-state index in [0.717, 1.165) is 24.3 Å². The molecule has 2 aromatic rings. The van der Waals surface area contributed by atoms with Gasteiger partial charge >= 0.3 is 0 Å². The zero-order chi connectivity index (χ0) is 20.0. The van der Waals surface area contributed by atoms with Gasteiger partial charge in [0, 0.05) is 25.1 Å². The van der Waals surface area contributed by atoms with Crippen LogP contribution in [0.3, 0.4) is 0 Å². The maximum atomic E-state index is 11.9. The lowest BCUT2D eigenvalue weighted by Crippen LogP contribution is -2.45. The number of carbonyl (C=O) groups excluding carboxylic acids is 1. The number of para-hydroxylation sites is 1. The molecule has 0 aliphatic carbocycles. The summed E-state index contributed by atoms with van der Waals surface area (Å²) in [5.41, 5.74) is 0.860. The van der Waals surface area contributed by atoms with Gasteiger partial charge in [0.15, 0.2) is 11.7 Å². The second kappa shape index (κ2) is 10.5. The second-order valence-electron chi connectivity index (χ2n) is 7.29.